The molecule has 1 aromatic heterocycles. The molecule has 0 unspecified atom stereocenters. The monoisotopic (exact) mass is 554 g/mol. The summed E-state index contributed by atoms with van der Waals surface area (Å²) >= 11 is 0. The summed E-state index contributed by atoms with van der Waals surface area (Å²) in [7, 11) is 0. The van der Waals surface area contributed by atoms with Gasteiger partial charge in [-0.2, -0.15) is 13.8 Å². The van der Waals surface area contributed by atoms with E-state index >= 15 is 0 Å². The molecule has 0 radical (unpaired) electrons. The highest BCUT2D eigenvalue weighted by Crippen LogP contribution is 2.42. The fourth-order valence-corrected chi connectivity index (χ4v) is 4.99. The molecule has 3 atom stereocenters. The van der Waals surface area contributed by atoms with Crippen molar-refractivity contribution in [3.8, 4) is 0 Å². The van der Waals surface area contributed by atoms with Crippen LogP contribution in [0.5, 0.6) is 0 Å². The molecule has 4 N–H and O–H groups in total. The van der Waals surface area contributed by atoms with Gasteiger partial charge in [-0.25, -0.2) is 4.79 Å². The largest absolute Gasteiger partial charge is 0.394 e. The van der Waals surface area contributed by atoms with E-state index in [1.165, 1.54) is 6.07 Å². The number of carbonyl (C=O) groups excluding carboxylic acids is 2. The highest BCUT2D eigenvalue weighted by atomic mass is 19.3. The van der Waals surface area contributed by atoms with E-state index in [9.17, 15) is 28.3 Å². The molecule has 1 aliphatic carbocycles. The van der Waals surface area contributed by atoms with Crippen molar-refractivity contribution in [1.29, 1.82) is 0 Å². The van der Waals surface area contributed by atoms with E-state index < -0.39 is 36.7 Å². The fraction of sp³-hybridized carbons (Fsp3) is 0.357. The Morgan fingerprint density at radius 3 is 2.67 bits per heavy atom. The number of hydrogen-bond donors (Lipinski definition) is 4. The molecule has 0 bridgehead atoms. The average molecular weight is 555 g/mol. The smallest absolute Gasteiger partial charge is 0.351 e. The number of rotatable bonds is 10. The van der Waals surface area contributed by atoms with Gasteiger partial charge in [0.25, 0.3) is 0 Å². The van der Waals surface area contributed by atoms with Crippen LogP contribution in [0, 0.1) is 0 Å². The number of halogens is 2. The van der Waals surface area contributed by atoms with Gasteiger partial charge in [0.05, 0.1) is 12.2 Å². The van der Waals surface area contributed by atoms with Crippen LogP contribution in [0.2, 0.25) is 0 Å². The Balaban J connectivity index is 1.09. The number of nitrogens with zero attached hydrogens (tertiary/aromatic N) is 2. The Morgan fingerprint density at radius 2 is 1.93 bits per heavy atom. The van der Waals surface area contributed by atoms with Crippen LogP contribution in [0.4, 0.5) is 20.3 Å². The fourth-order valence-electron chi connectivity index (χ4n) is 4.99. The number of unbranched alkanes of at least 4 members (excludes halogenated alkanes) is 2. The molecule has 1 fully saturated rings. The van der Waals surface area contributed by atoms with Gasteiger partial charge in [-0.1, -0.05) is 36.8 Å². The van der Waals surface area contributed by atoms with Crippen LogP contribution in [-0.4, -0.2) is 62.7 Å². The maximum atomic E-state index is 14.3. The number of benzene rings is 2. The Bertz CT molecular complexity index is 1540. The first-order valence-corrected chi connectivity index (χ1v) is 12.9. The molecule has 0 saturated carbocycles. The van der Waals surface area contributed by atoms with E-state index in [0.717, 1.165) is 41.1 Å². The number of carbonyl (C=O) groups is 2. The van der Waals surface area contributed by atoms with Crippen molar-refractivity contribution in [3.63, 3.8) is 0 Å². The summed E-state index contributed by atoms with van der Waals surface area (Å²) in [6.07, 6.45) is 0.623. The van der Waals surface area contributed by atoms with E-state index in [1.807, 2.05) is 36.4 Å². The van der Waals surface area contributed by atoms with Gasteiger partial charge in [-0.05, 0) is 42.0 Å². The van der Waals surface area contributed by atoms with E-state index in [4.69, 9.17) is 9.84 Å². The second-order valence-corrected chi connectivity index (χ2v) is 9.75. The number of alkyl halides is 2. The molecule has 2 aliphatic rings. The summed E-state index contributed by atoms with van der Waals surface area (Å²) in [6.45, 7) is -0.235. The zero-order chi connectivity index (χ0) is 28.4. The predicted molar refractivity (Wildman–Crippen MR) is 143 cm³/mol. The summed E-state index contributed by atoms with van der Waals surface area (Å²) < 4.78 is 34.1. The Labute approximate surface area is 227 Å². The number of aliphatic hydroxyl groups is 2. The van der Waals surface area contributed by atoms with Gasteiger partial charge in [-0.15, -0.1) is 0 Å². The predicted octanol–water partition coefficient (Wildman–Crippen LogP) is 3.10. The number of ether oxygens (including phenoxy) is 1. The molecule has 1 saturated heterocycles. The summed E-state index contributed by atoms with van der Waals surface area (Å²) in [5.41, 5.74) is 1.34. The van der Waals surface area contributed by atoms with Crippen molar-refractivity contribution in [2.75, 3.05) is 23.8 Å². The number of aromatic nitrogens is 2. The molecule has 0 spiro atoms. The van der Waals surface area contributed by atoms with Gasteiger partial charge in [0, 0.05) is 30.2 Å². The lowest BCUT2D eigenvalue weighted by Gasteiger charge is -2.21. The maximum absolute atomic E-state index is 14.3. The minimum atomic E-state index is -3.82. The van der Waals surface area contributed by atoms with Crippen LogP contribution in [0.1, 0.15) is 47.8 Å². The van der Waals surface area contributed by atoms with E-state index in [0.29, 0.717) is 23.1 Å². The molecule has 210 valence electrons. The van der Waals surface area contributed by atoms with Crippen molar-refractivity contribution in [1.82, 2.24) is 9.55 Å². The van der Waals surface area contributed by atoms with Crippen molar-refractivity contribution in [2.24, 2.45) is 0 Å². The number of allylic oxidation sites excluding steroid dienone is 1. The SMILES string of the molecule is O=C(CCCCCNc1ccc2cccc3c2c1C(=O)C=C3)Nc1ccn([C@@H]2O[C@H](CO)[C@H](O)C2(F)F)c(=O)n1. The third-order valence-corrected chi connectivity index (χ3v) is 7.04. The number of hydrogen-bond acceptors (Lipinski definition) is 8. The van der Waals surface area contributed by atoms with Crippen LogP contribution in [0.25, 0.3) is 16.8 Å². The van der Waals surface area contributed by atoms with Gasteiger partial charge in [0.2, 0.25) is 12.1 Å². The van der Waals surface area contributed by atoms with Crippen molar-refractivity contribution < 1.29 is 33.3 Å². The average Bonchev–Trinajstić information content (AvgIpc) is 3.16. The topological polar surface area (TPSA) is 143 Å². The molecule has 5 rings (SSSR count). The van der Waals surface area contributed by atoms with Gasteiger partial charge in [0.15, 0.2) is 11.9 Å². The molecular weight excluding hydrogens is 526 g/mol. The van der Waals surface area contributed by atoms with Crippen molar-refractivity contribution >= 4 is 40.0 Å². The lowest BCUT2D eigenvalue weighted by atomic mass is 9.91. The lowest BCUT2D eigenvalue weighted by molar-refractivity contribution is -0.141. The second-order valence-electron chi connectivity index (χ2n) is 9.75. The number of ketones is 1. The van der Waals surface area contributed by atoms with E-state index in [2.05, 4.69) is 15.6 Å². The van der Waals surface area contributed by atoms with Crippen LogP contribution in [-0.2, 0) is 9.53 Å². The molecule has 40 heavy (non-hydrogen) atoms. The molecule has 1 aliphatic heterocycles. The molecule has 10 nitrogen and oxygen atoms in total. The Hall–Kier alpha value is -4.00. The van der Waals surface area contributed by atoms with Gasteiger partial charge in [0.1, 0.15) is 11.9 Å². The first-order chi connectivity index (χ1) is 19.2. The molecule has 2 heterocycles. The van der Waals surface area contributed by atoms with Crippen LogP contribution in [0.3, 0.4) is 0 Å². The van der Waals surface area contributed by atoms with E-state index in [1.54, 1.807) is 6.08 Å². The highest BCUT2D eigenvalue weighted by molar-refractivity contribution is 6.23. The van der Waals surface area contributed by atoms with Gasteiger partial charge < -0.3 is 25.6 Å². The van der Waals surface area contributed by atoms with Crippen LogP contribution < -0.4 is 16.3 Å². The minimum Gasteiger partial charge on any atom is -0.394 e. The lowest BCUT2D eigenvalue weighted by Crippen LogP contribution is -2.41. The van der Waals surface area contributed by atoms with Crippen molar-refractivity contribution in [3.05, 3.63) is 70.3 Å². The number of nitrogens with one attached hydrogen (secondary N) is 2. The number of aliphatic hydroxyl groups excluding tert-OH is 2. The van der Waals surface area contributed by atoms with Crippen molar-refractivity contribution in [2.45, 2.75) is 50.0 Å². The molecule has 2 aromatic carbocycles. The van der Waals surface area contributed by atoms with E-state index in [-0.39, 0.29) is 23.9 Å². The maximum Gasteiger partial charge on any atom is 0.351 e. The Kier molecular flexibility index (Phi) is 7.74. The zero-order valence-corrected chi connectivity index (χ0v) is 21.3. The quantitative estimate of drug-likeness (QED) is 0.280. The molecule has 3 aromatic rings. The van der Waals surface area contributed by atoms with Crippen LogP contribution >= 0.6 is 0 Å². The summed E-state index contributed by atoms with van der Waals surface area (Å²) in [5, 5.41) is 26.5. The zero-order valence-electron chi connectivity index (χ0n) is 21.3. The third-order valence-electron chi connectivity index (χ3n) is 7.04. The second kappa shape index (κ2) is 11.2. The number of anilines is 2. The Morgan fingerprint density at radius 1 is 1.10 bits per heavy atom. The first-order valence-electron chi connectivity index (χ1n) is 12.9. The normalized spacial score (nSPS) is 21.1. The molecular formula is C28H28F2N4O6. The highest BCUT2D eigenvalue weighted by Gasteiger charge is 2.59. The number of amides is 1. The summed E-state index contributed by atoms with van der Waals surface area (Å²) in [5.74, 6) is -4.35. The standard InChI is InChI=1S/C28H28F2N4O6/c29-28(30)25(38)20(15-35)40-26(28)34-14-12-21(33-27(34)39)32-22(37)7-2-1-3-13-31-18-10-8-16-5-4-6-17-9-11-19(36)24(18)23(16)17/h4-6,8-12,14,20,25-26,31,35,38H,1-3,7,13,15H2,(H,32,33,37,39)/t20-,25+,26-/m1/s1. The van der Waals surface area contributed by atoms with Crippen LogP contribution in [0.15, 0.2) is 53.5 Å². The van der Waals surface area contributed by atoms with Gasteiger partial charge in [-0.3, -0.25) is 14.2 Å². The third kappa shape index (κ3) is 5.25. The molecule has 12 heteroatoms. The van der Waals surface area contributed by atoms with Gasteiger partial charge >= 0.3 is 11.6 Å². The first kappa shape index (κ1) is 27.6. The summed E-state index contributed by atoms with van der Waals surface area (Å²) in [6, 6.07) is 11.0. The molecule has 1 amide bonds. The summed E-state index contributed by atoms with van der Waals surface area (Å²) in [4.78, 5) is 40.8. The minimum absolute atomic E-state index is 0.0406.